The molecule has 1 aliphatic rings. The van der Waals surface area contributed by atoms with E-state index in [-0.39, 0.29) is 11.7 Å². The molecule has 26 heavy (non-hydrogen) atoms. The maximum atomic E-state index is 13.9. The summed E-state index contributed by atoms with van der Waals surface area (Å²) in [7, 11) is 0. The van der Waals surface area contributed by atoms with Crippen molar-refractivity contribution in [3.05, 3.63) is 48.2 Å². The van der Waals surface area contributed by atoms with E-state index in [4.69, 9.17) is 0 Å². The molecule has 138 valence electrons. The van der Waals surface area contributed by atoms with Crippen LogP contribution in [0.4, 0.5) is 15.9 Å². The molecule has 2 aromatic rings. The Bertz CT molecular complexity index is 742. The molecule has 1 fully saturated rings. The van der Waals surface area contributed by atoms with Crippen molar-refractivity contribution < 1.29 is 9.18 Å². The van der Waals surface area contributed by atoms with Crippen molar-refractivity contribution in [2.24, 2.45) is 5.92 Å². The number of para-hydroxylation sites is 1. The second kappa shape index (κ2) is 8.12. The molecule has 0 spiro atoms. The van der Waals surface area contributed by atoms with Crippen molar-refractivity contribution in [3.8, 4) is 0 Å². The Kier molecular flexibility index (Phi) is 5.65. The van der Waals surface area contributed by atoms with Crippen LogP contribution in [0.3, 0.4) is 0 Å². The maximum Gasteiger partial charge on any atom is 0.271 e. The van der Waals surface area contributed by atoms with Crippen molar-refractivity contribution in [2.45, 2.75) is 13.8 Å². The number of nitrogens with one attached hydrogen (secondary N) is 1. The smallest absolute Gasteiger partial charge is 0.271 e. The van der Waals surface area contributed by atoms with Gasteiger partial charge in [-0.1, -0.05) is 26.0 Å². The molecule has 1 aromatic carbocycles. The van der Waals surface area contributed by atoms with Gasteiger partial charge in [0.15, 0.2) is 0 Å². The first-order valence-electron chi connectivity index (χ1n) is 8.89. The number of halogens is 1. The summed E-state index contributed by atoms with van der Waals surface area (Å²) in [6, 6.07) is 6.83. The predicted octanol–water partition coefficient (Wildman–Crippen LogP) is 2.33. The molecule has 1 aromatic heterocycles. The van der Waals surface area contributed by atoms with Crippen LogP contribution in [0.15, 0.2) is 36.7 Å². The molecule has 1 amide bonds. The zero-order chi connectivity index (χ0) is 18.5. The average molecular weight is 357 g/mol. The minimum Gasteiger partial charge on any atom is -0.366 e. The molecule has 6 nitrogen and oxygen atoms in total. The number of aromatic nitrogens is 2. The second-order valence-corrected chi connectivity index (χ2v) is 6.79. The van der Waals surface area contributed by atoms with Gasteiger partial charge in [0.05, 0.1) is 18.1 Å². The molecule has 0 bridgehead atoms. The fraction of sp³-hybridized carbons (Fsp3) is 0.421. The van der Waals surface area contributed by atoms with Crippen LogP contribution in [-0.2, 0) is 0 Å². The fourth-order valence-corrected chi connectivity index (χ4v) is 2.87. The Morgan fingerprint density at radius 3 is 2.42 bits per heavy atom. The number of carbonyl (C=O) groups excluding carboxylic acids is 1. The summed E-state index contributed by atoms with van der Waals surface area (Å²) < 4.78 is 13.9. The monoisotopic (exact) mass is 357 g/mol. The van der Waals surface area contributed by atoms with Crippen molar-refractivity contribution in [3.63, 3.8) is 0 Å². The molecule has 1 N–H and O–H groups in total. The molecular weight excluding hydrogens is 333 g/mol. The summed E-state index contributed by atoms with van der Waals surface area (Å²) in [6.45, 7) is 7.55. The quantitative estimate of drug-likeness (QED) is 0.890. The van der Waals surface area contributed by atoms with E-state index in [1.165, 1.54) is 12.3 Å². The van der Waals surface area contributed by atoms with Gasteiger partial charge in [-0.25, -0.2) is 14.4 Å². The highest BCUT2D eigenvalue weighted by molar-refractivity contribution is 5.92. The zero-order valence-corrected chi connectivity index (χ0v) is 15.2. The third-order valence-electron chi connectivity index (χ3n) is 4.34. The lowest BCUT2D eigenvalue weighted by molar-refractivity contribution is 0.0943. The molecule has 1 aliphatic heterocycles. The third-order valence-corrected chi connectivity index (χ3v) is 4.34. The molecule has 0 radical (unpaired) electrons. The van der Waals surface area contributed by atoms with Crippen molar-refractivity contribution in [2.75, 3.05) is 42.5 Å². The van der Waals surface area contributed by atoms with Crippen molar-refractivity contribution in [1.82, 2.24) is 15.3 Å². The Morgan fingerprint density at radius 1 is 1.12 bits per heavy atom. The van der Waals surface area contributed by atoms with E-state index >= 15 is 0 Å². The van der Waals surface area contributed by atoms with Gasteiger partial charge in [0, 0.05) is 32.7 Å². The lowest BCUT2D eigenvalue weighted by atomic mass is 10.2. The Balaban J connectivity index is 1.58. The Morgan fingerprint density at radius 2 is 1.81 bits per heavy atom. The third kappa shape index (κ3) is 4.28. The van der Waals surface area contributed by atoms with Gasteiger partial charge in [-0.15, -0.1) is 0 Å². The molecule has 3 rings (SSSR count). The van der Waals surface area contributed by atoms with Crippen molar-refractivity contribution in [1.29, 1.82) is 0 Å². The van der Waals surface area contributed by atoms with Crippen LogP contribution in [0.5, 0.6) is 0 Å². The van der Waals surface area contributed by atoms with Gasteiger partial charge in [-0.3, -0.25) is 4.79 Å². The normalized spacial score (nSPS) is 14.6. The van der Waals surface area contributed by atoms with E-state index in [0.29, 0.717) is 36.9 Å². The van der Waals surface area contributed by atoms with E-state index < -0.39 is 0 Å². The minimum absolute atomic E-state index is 0.197. The van der Waals surface area contributed by atoms with Crippen LogP contribution in [0.1, 0.15) is 24.3 Å². The van der Waals surface area contributed by atoms with E-state index in [0.717, 1.165) is 18.9 Å². The largest absolute Gasteiger partial charge is 0.366 e. The average Bonchev–Trinajstić information content (AvgIpc) is 2.67. The highest BCUT2D eigenvalue weighted by Crippen LogP contribution is 2.21. The lowest BCUT2D eigenvalue weighted by Crippen LogP contribution is -2.47. The van der Waals surface area contributed by atoms with Crippen LogP contribution < -0.4 is 15.1 Å². The van der Waals surface area contributed by atoms with Gasteiger partial charge in [-0.05, 0) is 18.1 Å². The minimum atomic E-state index is -0.206. The molecule has 0 aliphatic carbocycles. The number of rotatable bonds is 5. The highest BCUT2D eigenvalue weighted by atomic mass is 19.1. The van der Waals surface area contributed by atoms with Crippen LogP contribution in [0.2, 0.25) is 0 Å². The van der Waals surface area contributed by atoms with Gasteiger partial charge in [0.2, 0.25) is 0 Å². The number of carbonyl (C=O) groups is 1. The van der Waals surface area contributed by atoms with Crippen LogP contribution in [0, 0.1) is 11.7 Å². The SMILES string of the molecule is CC(C)CNC(=O)c1cnc(N2CCN(c3ccccc3F)CC2)cn1. The van der Waals surface area contributed by atoms with E-state index in [2.05, 4.69) is 20.2 Å². The van der Waals surface area contributed by atoms with E-state index in [1.807, 2.05) is 24.8 Å². The van der Waals surface area contributed by atoms with Gasteiger partial charge in [0.1, 0.15) is 17.3 Å². The molecule has 0 saturated carbocycles. The van der Waals surface area contributed by atoms with Crippen LogP contribution in [-0.4, -0.2) is 48.6 Å². The summed E-state index contributed by atoms with van der Waals surface area (Å²) in [5.74, 6) is 0.718. The fourth-order valence-electron chi connectivity index (χ4n) is 2.87. The number of anilines is 2. The number of hydrogen-bond acceptors (Lipinski definition) is 5. The molecule has 1 saturated heterocycles. The first-order valence-corrected chi connectivity index (χ1v) is 8.89. The van der Waals surface area contributed by atoms with Gasteiger partial charge in [0.25, 0.3) is 5.91 Å². The van der Waals surface area contributed by atoms with E-state index in [1.54, 1.807) is 18.3 Å². The summed E-state index contributed by atoms with van der Waals surface area (Å²) in [5, 5.41) is 2.83. The van der Waals surface area contributed by atoms with Gasteiger partial charge >= 0.3 is 0 Å². The van der Waals surface area contributed by atoms with Crippen molar-refractivity contribution >= 4 is 17.4 Å². The Labute approximate surface area is 153 Å². The standard InChI is InChI=1S/C19H24FN5O/c1-14(2)11-23-19(26)16-12-22-18(13-21-16)25-9-7-24(8-10-25)17-6-4-3-5-15(17)20/h3-6,12-14H,7-11H2,1-2H3,(H,23,26). The molecular formula is C19H24FN5O. The number of nitrogens with zero attached hydrogens (tertiary/aromatic N) is 4. The molecule has 2 heterocycles. The maximum absolute atomic E-state index is 13.9. The highest BCUT2D eigenvalue weighted by Gasteiger charge is 2.20. The van der Waals surface area contributed by atoms with Gasteiger partial charge in [-0.2, -0.15) is 0 Å². The number of benzene rings is 1. The van der Waals surface area contributed by atoms with Crippen LogP contribution >= 0.6 is 0 Å². The zero-order valence-electron chi connectivity index (χ0n) is 15.2. The number of amides is 1. The van der Waals surface area contributed by atoms with Gasteiger partial charge < -0.3 is 15.1 Å². The first kappa shape index (κ1) is 18.1. The summed E-state index contributed by atoms with van der Waals surface area (Å²) in [6.07, 6.45) is 3.14. The van der Waals surface area contributed by atoms with E-state index in [9.17, 15) is 9.18 Å². The summed E-state index contributed by atoms with van der Waals surface area (Å²) >= 11 is 0. The summed E-state index contributed by atoms with van der Waals surface area (Å²) in [4.78, 5) is 24.7. The predicted molar refractivity (Wildman–Crippen MR) is 100 cm³/mol. The van der Waals surface area contributed by atoms with Crippen LogP contribution in [0.25, 0.3) is 0 Å². The second-order valence-electron chi connectivity index (χ2n) is 6.79. The lowest BCUT2D eigenvalue weighted by Gasteiger charge is -2.36. The molecule has 0 unspecified atom stereocenters. The number of piperazine rings is 1. The number of hydrogen-bond donors (Lipinski definition) is 1. The summed E-state index contributed by atoms with van der Waals surface area (Å²) in [5.41, 5.74) is 0.954. The topological polar surface area (TPSA) is 61.4 Å². The molecule has 7 heteroatoms. The molecule has 0 atom stereocenters. The Hall–Kier alpha value is -2.70. The first-order chi connectivity index (χ1) is 12.5.